The molecule has 1 fully saturated rings. The molecule has 0 spiro atoms. The van der Waals surface area contributed by atoms with Gasteiger partial charge in [-0.15, -0.1) is 0 Å². The van der Waals surface area contributed by atoms with Gasteiger partial charge in [0.2, 0.25) is 0 Å². The molecule has 0 aliphatic carbocycles. The Morgan fingerprint density at radius 2 is 2.12 bits per heavy atom. The van der Waals surface area contributed by atoms with Crippen LogP contribution in [-0.2, 0) is 13.1 Å². The fourth-order valence-electron chi connectivity index (χ4n) is 3.20. The standard InChI is InChI=1S/C17H18ClN5O/c18-14-5-3-13(4-6-14)17-8-16(24-21-17)10-22-7-1-2-15(22)9-23-12-19-11-20-23/h3-6,8,11-12,15H,1-2,7,9-10H2/t15-/m1/s1. The molecular formula is C17H18ClN5O. The van der Waals surface area contributed by atoms with E-state index in [-0.39, 0.29) is 0 Å². The van der Waals surface area contributed by atoms with Crippen LogP contribution in [-0.4, -0.2) is 37.4 Å². The summed E-state index contributed by atoms with van der Waals surface area (Å²) in [6.07, 6.45) is 5.70. The minimum absolute atomic E-state index is 0.454. The van der Waals surface area contributed by atoms with Crippen molar-refractivity contribution in [3.05, 3.63) is 53.8 Å². The second-order valence-corrected chi connectivity index (χ2v) is 6.51. The number of hydrogen-bond donors (Lipinski definition) is 0. The number of halogens is 1. The summed E-state index contributed by atoms with van der Waals surface area (Å²) in [7, 11) is 0. The molecule has 1 atom stereocenters. The van der Waals surface area contributed by atoms with Crippen LogP contribution in [0.15, 0.2) is 47.5 Å². The van der Waals surface area contributed by atoms with Gasteiger partial charge in [-0.2, -0.15) is 5.10 Å². The van der Waals surface area contributed by atoms with Crippen LogP contribution in [0.25, 0.3) is 11.3 Å². The maximum absolute atomic E-state index is 5.93. The Morgan fingerprint density at radius 3 is 2.92 bits per heavy atom. The first kappa shape index (κ1) is 15.4. The summed E-state index contributed by atoms with van der Waals surface area (Å²) in [5, 5.41) is 9.11. The average molecular weight is 344 g/mol. The van der Waals surface area contributed by atoms with Gasteiger partial charge in [-0.3, -0.25) is 9.58 Å². The lowest BCUT2D eigenvalue weighted by atomic mass is 10.1. The molecule has 0 unspecified atom stereocenters. The third-order valence-electron chi connectivity index (χ3n) is 4.42. The molecule has 3 heterocycles. The van der Waals surface area contributed by atoms with E-state index in [1.54, 1.807) is 12.7 Å². The van der Waals surface area contributed by atoms with Crippen LogP contribution >= 0.6 is 11.6 Å². The maximum atomic E-state index is 5.93. The van der Waals surface area contributed by atoms with Crippen molar-refractivity contribution in [1.82, 2.24) is 24.8 Å². The first-order chi connectivity index (χ1) is 11.8. The van der Waals surface area contributed by atoms with E-state index >= 15 is 0 Å². The largest absolute Gasteiger partial charge is 0.359 e. The van der Waals surface area contributed by atoms with Crippen molar-refractivity contribution in [2.45, 2.75) is 32.0 Å². The summed E-state index contributed by atoms with van der Waals surface area (Å²) in [6.45, 7) is 2.69. The van der Waals surface area contributed by atoms with Crippen molar-refractivity contribution in [3.8, 4) is 11.3 Å². The highest BCUT2D eigenvalue weighted by molar-refractivity contribution is 6.30. The Labute approximate surface area is 145 Å². The minimum atomic E-state index is 0.454. The Hall–Kier alpha value is -2.18. The van der Waals surface area contributed by atoms with Gasteiger partial charge in [-0.25, -0.2) is 4.98 Å². The molecule has 0 saturated carbocycles. The summed E-state index contributed by atoms with van der Waals surface area (Å²) in [5.41, 5.74) is 1.85. The highest BCUT2D eigenvalue weighted by Crippen LogP contribution is 2.25. The number of aromatic nitrogens is 4. The lowest BCUT2D eigenvalue weighted by molar-refractivity contribution is 0.195. The lowest BCUT2D eigenvalue weighted by Gasteiger charge is -2.22. The number of hydrogen-bond acceptors (Lipinski definition) is 5. The van der Waals surface area contributed by atoms with E-state index < -0.39 is 0 Å². The molecule has 1 aliphatic rings. The Kier molecular flexibility index (Phi) is 4.32. The van der Waals surface area contributed by atoms with Crippen LogP contribution in [0.4, 0.5) is 0 Å². The van der Waals surface area contributed by atoms with Gasteiger partial charge in [0.05, 0.1) is 13.1 Å². The van der Waals surface area contributed by atoms with Gasteiger partial charge in [0.25, 0.3) is 0 Å². The van der Waals surface area contributed by atoms with Crippen molar-refractivity contribution < 1.29 is 4.52 Å². The maximum Gasteiger partial charge on any atom is 0.151 e. The molecule has 4 rings (SSSR count). The molecule has 124 valence electrons. The number of benzene rings is 1. The van der Waals surface area contributed by atoms with Crippen molar-refractivity contribution in [2.75, 3.05) is 6.54 Å². The summed E-state index contributed by atoms with van der Waals surface area (Å²) in [4.78, 5) is 6.44. The van der Waals surface area contributed by atoms with Crippen LogP contribution < -0.4 is 0 Å². The van der Waals surface area contributed by atoms with Crippen LogP contribution in [0.2, 0.25) is 5.02 Å². The van der Waals surface area contributed by atoms with Gasteiger partial charge in [-0.1, -0.05) is 28.9 Å². The molecule has 0 radical (unpaired) electrons. The molecule has 24 heavy (non-hydrogen) atoms. The first-order valence-electron chi connectivity index (χ1n) is 8.06. The molecule has 1 aliphatic heterocycles. The molecule has 0 N–H and O–H groups in total. The van der Waals surface area contributed by atoms with Gasteiger partial charge in [0.15, 0.2) is 5.76 Å². The second kappa shape index (κ2) is 6.75. The van der Waals surface area contributed by atoms with Crippen molar-refractivity contribution >= 4 is 11.6 Å². The van der Waals surface area contributed by atoms with E-state index in [9.17, 15) is 0 Å². The van der Waals surface area contributed by atoms with Crippen LogP contribution in [0, 0.1) is 0 Å². The van der Waals surface area contributed by atoms with Gasteiger partial charge >= 0.3 is 0 Å². The number of likely N-dealkylation sites (tertiary alicyclic amines) is 1. The van der Waals surface area contributed by atoms with Gasteiger partial charge in [-0.05, 0) is 31.5 Å². The van der Waals surface area contributed by atoms with Crippen molar-refractivity contribution in [2.24, 2.45) is 0 Å². The predicted octanol–water partition coefficient (Wildman–Crippen LogP) is 3.25. The van der Waals surface area contributed by atoms with E-state index in [1.165, 1.54) is 6.42 Å². The van der Waals surface area contributed by atoms with Gasteiger partial charge in [0, 0.05) is 22.7 Å². The fourth-order valence-corrected chi connectivity index (χ4v) is 3.32. The highest BCUT2D eigenvalue weighted by Gasteiger charge is 2.26. The van der Waals surface area contributed by atoms with E-state index in [2.05, 4.69) is 20.1 Å². The summed E-state index contributed by atoms with van der Waals surface area (Å²) in [5.74, 6) is 0.880. The normalized spacial score (nSPS) is 18.3. The van der Waals surface area contributed by atoms with E-state index in [1.807, 2.05) is 35.0 Å². The quantitative estimate of drug-likeness (QED) is 0.711. The molecule has 0 bridgehead atoms. The number of rotatable bonds is 5. The highest BCUT2D eigenvalue weighted by atomic mass is 35.5. The smallest absolute Gasteiger partial charge is 0.151 e. The van der Waals surface area contributed by atoms with Crippen LogP contribution in [0.3, 0.4) is 0 Å². The molecular weight excluding hydrogens is 326 g/mol. The van der Waals surface area contributed by atoms with Crippen molar-refractivity contribution in [1.29, 1.82) is 0 Å². The van der Waals surface area contributed by atoms with Gasteiger partial charge in [0.1, 0.15) is 18.3 Å². The zero-order valence-corrected chi connectivity index (χ0v) is 13.9. The molecule has 3 aromatic rings. The molecule has 0 amide bonds. The Balaban J connectivity index is 1.44. The number of nitrogens with zero attached hydrogens (tertiary/aromatic N) is 5. The van der Waals surface area contributed by atoms with Crippen LogP contribution in [0.1, 0.15) is 18.6 Å². The van der Waals surface area contributed by atoms with E-state index in [4.69, 9.17) is 16.1 Å². The van der Waals surface area contributed by atoms with Gasteiger partial charge < -0.3 is 4.52 Å². The first-order valence-corrected chi connectivity index (χ1v) is 8.44. The Bertz CT molecular complexity index is 784. The third-order valence-corrected chi connectivity index (χ3v) is 4.67. The minimum Gasteiger partial charge on any atom is -0.359 e. The Morgan fingerprint density at radius 1 is 1.25 bits per heavy atom. The molecule has 1 aromatic carbocycles. The van der Waals surface area contributed by atoms with E-state index in [0.29, 0.717) is 6.04 Å². The predicted molar refractivity (Wildman–Crippen MR) is 90.4 cm³/mol. The topological polar surface area (TPSA) is 60.0 Å². The summed E-state index contributed by atoms with van der Waals surface area (Å²) in [6, 6.07) is 10.1. The monoisotopic (exact) mass is 343 g/mol. The fraction of sp³-hybridized carbons (Fsp3) is 0.353. The lowest BCUT2D eigenvalue weighted by Crippen LogP contribution is -2.32. The third kappa shape index (κ3) is 3.34. The van der Waals surface area contributed by atoms with E-state index in [0.717, 1.165) is 48.1 Å². The second-order valence-electron chi connectivity index (χ2n) is 6.07. The summed E-state index contributed by atoms with van der Waals surface area (Å²) < 4.78 is 7.43. The summed E-state index contributed by atoms with van der Waals surface area (Å²) >= 11 is 5.93. The molecule has 1 saturated heterocycles. The zero-order valence-electron chi connectivity index (χ0n) is 13.2. The molecule has 7 heteroatoms. The molecule has 2 aromatic heterocycles. The molecule has 6 nitrogen and oxygen atoms in total. The SMILES string of the molecule is Clc1ccc(-c2cc(CN3CCC[C@@H]3Cn3cncn3)on2)cc1. The average Bonchev–Trinajstić information content (AvgIpc) is 3.32. The van der Waals surface area contributed by atoms with Crippen LogP contribution in [0.5, 0.6) is 0 Å². The zero-order chi connectivity index (χ0) is 16.4. The van der Waals surface area contributed by atoms with Crippen molar-refractivity contribution in [3.63, 3.8) is 0 Å².